The Labute approximate surface area is 323 Å². The van der Waals surface area contributed by atoms with Crippen LogP contribution in [-0.4, -0.2) is 132 Å². The number of aliphatic hydroxyl groups is 1. The third-order valence-electron chi connectivity index (χ3n) is 9.35. The summed E-state index contributed by atoms with van der Waals surface area (Å²) in [5.41, 5.74) is 11.0. The number of likely N-dealkylation sites (N-methyl/N-ethyl adjacent to an activating group) is 1. The first-order valence-electron chi connectivity index (χ1n) is 19.3. The summed E-state index contributed by atoms with van der Waals surface area (Å²) in [6.45, 7) is 2.06. The Morgan fingerprint density at radius 2 is 1.44 bits per heavy atom. The van der Waals surface area contributed by atoms with Crippen molar-refractivity contribution < 1.29 is 48.3 Å². The largest absolute Gasteiger partial charge is 0.394 e. The van der Waals surface area contributed by atoms with E-state index < -0.39 is 91.3 Å². The molecule has 1 saturated heterocycles. The van der Waals surface area contributed by atoms with Crippen LogP contribution in [0.25, 0.3) is 0 Å². The van der Waals surface area contributed by atoms with Crippen LogP contribution in [0.4, 0.5) is 0 Å². The lowest BCUT2D eigenvalue weighted by molar-refractivity contribution is -0.142. The number of hydrogen-bond donors (Lipinski definition) is 8. The number of rotatable bonds is 28. The molecule has 0 radical (unpaired) electrons. The third-order valence-corrected chi connectivity index (χ3v) is 9.35. The number of unbranched alkanes of at least 4 members (excludes halogenated alkanes) is 10. The summed E-state index contributed by atoms with van der Waals surface area (Å²) in [5.74, 6) is -5.99. The fraction of sp³-hybridized carbons (Fsp3) is 0.750. The molecule has 5 unspecified atom stereocenters. The van der Waals surface area contributed by atoms with Crippen molar-refractivity contribution in [2.24, 2.45) is 11.5 Å². The van der Waals surface area contributed by atoms with Gasteiger partial charge in [0.25, 0.3) is 5.91 Å². The van der Waals surface area contributed by atoms with E-state index in [0.29, 0.717) is 19.1 Å². The van der Waals surface area contributed by atoms with Crippen LogP contribution in [0.3, 0.4) is 0 Å². The second kappa shape index (κ2) is 27.0. The van der Waals surface area contributed by atoms with Gasteiger partial charge in [0.05, 0.1) is 26.1 Å². The molecule has 0 aromatic carbocycles. The van der Waals surface area contributed by atoms with Crippen LogP contribution in [0, 0.1) is 0 Å². The number of hydrogen-bond acceptors (Lipinski definition) is 11. The zero-order valence-corrected chi connectivity index (χ0v) is 32.6. The lowest BCUT2D eigenvalue weighted by Crippen LogP contribution is -2.59. The molecule has 55 heavy (non-hydrogen) atoms. The van der Waals surface area contributed by atoms with E-state index in [-0.39, 0.29) is 31.8 Å². The first-order valence-corrected chi connectivity index (χ1v) is 19.3. The van der Waals surface area contributed by atoms with Crippen molar-refractivity contribution in [3.63, 3.8) is 0 Å². The van der Waals surface area contributed by atoms with Gasteiger partial charge in [-0.2, -0.15) is 0 Å². The van der Waals surface area contributed by atoms with Crippen molar-refractivity contribution in [1.82, 2.24) is 36.4 Å². The number of aliphatic hydroxyl groups excluding tert-OH is 1. The molecule has 10 N–H and O–H groups in total. The summed E-state index contributed by atoms with van der Waals surface area (Å²) >= 11 is 0. The highest BCUT2D eigenvalue weighted by atomic mass is 16.3. The molecule has 1 fully saturated rings. The van der Waals surface area contributed by atoms with Gasteiger partial charge in [-0.15, -0.1) is 0 Å². The fourth-order valence-corrected chi connectivity index (χ4v) is 6.05. The van der Waals surface area contributed by atoms with Crippen LogP contribution >= 0.6 is 0 Å². The van der Waals surface area contributed by atoms with Gasteiger partial charge >= 0.3 is 0 Å². The minimum absolute atomic E-state index is 0.172. The number of carbonyl (C=O) groups is 9. The number of primary amides is 1. The maximum atomic E-state index is 13.1. The number of aldehydes is 1. The van der Waals surface area contributed by atoms with E-state index in [1.807, 2.05) is 0 Å². The summed E-state index contributed by atoms with van der Waals surface area (Å²) in [7, 11) is 1.39. The predicted molar refractivity (Wildman–Crippen MR) is 201 cm³/mol. The molecule has 19 heteroatoms. The van der Waals surface area contributed by atoms with Crippen molar-refractivity contribution >= 4 is 53.5 Å². The van der Waals surface area contributed by atoms with E-state index in [1.165, 1.54) is 63.8 Å². The van der Waals surface area contributed by atoms with Gasteiger partial charge in [0.15, 0.2) is 6.17 Å². The molecule has 1 aliphatic rings. The van der Waals surface area contributed by atoms with Crippen molar-refractivity contribution in [1.29, 1.82) is 0 Å². The normalized spacial score (nSPS) is 15.8. The molecule has 0 aliphatic carbocycles. The zero-order valence-electron chi connectivity index (χ0n) is 32.6. The van der Waals surface area contributed by atoms with Crippen molar-refractivity contribution in [3.8, 4) is 0 Å². The SMILES string of the molecule is CCCCCCCCCCCCCC(=O)N(C)C(CO)C(=O)NC(N)C(=O)NCC(=O)N1CCCC1C(=O)NC(C)C(=O)NC(CC(N)=O)C(=O)NCC=O. The summed E-state index contributed by atoms with van der Waals surface area (Å²) in [5, 5.41) is 21.4. The topological polar surface area (TPSA) is 293 Å². The Hall–Kier alpha value is -4.65. The highest BCUT2D eigenvalue weighted by Gasteiger charge is 2.36. The smallest absolute Gasteiger partial charge is 0.257 e. The molecule has 0 aromatic heterocycles. The van der Waals surface area contributed by atoms with Crippen LogP contribution in [0.1, 0.15) is 110 Å². The molecule has 1 heterocycles. The molecule has 8 amide bonds. The maximum absolute atomic E-state index is 13.1. The first kappa shape index (κ1) is 48.4. The van der Waals surface area contributed by atoms with E-state index in [4.69, 9.17) is 11.5 Å². The van der Waals surface area contributed by atoms with Gasteiger partial charge in [-0.1, -0.05) is 71.1 Å². The number of likely N-dealkylation sites (tertiary alicyclic amines) is 1. The average Bonchev–Trinajstić information content (AvgIpc) is 3.65. The fourth-order valence-electron chi connectivity index (χ4n) is 6.05. The van der Waals surface area contributed by atoms with Crippen LogP contribution in [-0.2, 0) is 43.2 Å². The molecule has 312 valence electrons. The maximum Gasteiger partial charge on any atom is 0.257 e. The lowest BCUT2D eigenvalue weighted by atomic mass is 10.0. The number of amides is 8. The van der Waals surface area contributed by atoms with Crippen LogP contribution in [0.15, 0.2) is 0 Å². The Bertz CT molecular complexity index is 1300. The van der Waals surface area contributed by atoms with E-state index in [9.17, 15) is 48.3 Å². The van der Waals surface area contributed by atoms with Gasteiger partial charge in [-0.05, 0) is 26.2 Å². The van der Waals surface area contributed by atoms with E-state index >= 15 is 0 Å². The highest BCUT2D eigenvalue weighted by molar-refractivity contribution is 5.97. The number of carbonyl (C=O) groups excluding carboxylic acids is 9. The molecule has 0 saturated carbocycles. The molecular weight excluding hydrogens is 718 g/mol. The standard InChI is InChI=1S/C36H63N9O10/c1-4-5-6-7-8-9-10-11-12-13-14-17-29(49)44(3)27(23-47)35(54)43-31(38)36(55)40-22-30(50)45-19-15-16-26(45)34(53)41-24(2)32(51)42-25(21-28(37)48)33(52)39-18-20-46/h20,24-27,31,47H,4-19,21-23,38H2,1-3H3,(H2,37,48)(H,39,52)(H,40,55)(H,41,53)(H,42,51)(H,43,54). The van der Waals surface area contributed by atoms with E-state index in [2.05, 4.69) is 33.5 Å². The quantitative estimate of drug-likeness (QED) is 0.0249. The molecule has 1 rings (SSSR count). The molecule has 0 bridgehead atoms. The summed E-state index contributed by atoms with van der Waals surface area (Å²) in [4.78, 5) is 114. The first-order chi connectivity index (χ1) is 26.2. The average molecular weight is 782 g/mol. The van der Waals surface area contributed by atoms with Crippen LogP contribution in [0.2, 0.25) is 0 Å². The number of nitrogens with one attached hydrogen (secondary N) is 5. The van der Waals surface area contributed by atoms with Crippen LogP contribution < -0.4 is 38.1 Å². The number of nitrogens with zero attached hydrogens (tertiary/aromatic N) is 2. The summed E-state index contributed by atoms with van der Waals surface area (Å²) < 4.78 is 0. The van der Waals surface area contributed by atoms with Gasteiger partial charge in [-0.25, -0.2) is 0 Å². The molecular formula is C36H63N9O10. The second-order valence-electron chi connectivity index (χ2n) is 13.8. The Kier molecular flexibility index (Phi) is 23.8. The Morgan fingerprint density at radius 1 is 0.836 bits per heavy atom. The lowest BCUT2D eigenvalue weighted by Gasteiger charge is -2.27. The minimum atomic E-state index is -1.62. The zero-order chi connectivity index (χ0) is 41.3. The predicted octanol–water partition coefficient (Wildman–Crippen LogP) is -1.81. The van der Waals surface area contributed by atoms with Gasteiger partial charge in [-0.3, -0.25) is 38.4 Å². The minimum Gasteiger partial charge on any atom is -0.394 e. The highest BCUT2D eigenvalue weighted by Crippen LogP contribution is 2.18. The monoisotopic (exact) mass is 781 g/mol. The molecule has 1 aliphatic heterocycles. The second-order valence-corrected chi connectivity index (χ2v) is 13.8. The summed E-state index contributed by atoms with van der Waals surface area (Å²) in [6.07, 6.45) is 11.5. The van der Waals surface area contributed by atoms with Crippen molar-refractivity contribution in [2.75, 3.05) is 33.3 Å². The van der Waals surface area contributed by atoms with E-state index in [1.54, 1.807) is 0 Å². The molecule has 0 spiro atoms. The van der Waals surface area contributed by atoms with Gasteiger partial charge in [0, 0.05) is 20.0 Å². The van der Waals surface area contributed by atoms with Crippen molar-refractivity contribution in [3.05, 3.63) is 0 Å². The van der Waals surface area contributed by atoms with Gasteiger partial charge in [0.1, 0.15) is 30.5 Å². The van der Waals surface area contributed by atoms with E-state index in [0.717, 1.165) is 24.2 Å². The van der Waals surface area contributed by atoms with Gasteiger partial charge < -0.3 is 57.8 Å². The van der Waals surface area contributed by atoms with Gasteiger partial charge in [0.2, 0.25) is 41.4 Å². The molecule has 0 aromatic rings. The molecule has 19 nitrogen and oxygen atoms in total. The van der Waals surface area contributed by atoms with Crippen LogP contribution in [0.5, 0.6) is 0 Å². The Morgan fingerprint density at radius 3 is 2.00 bits per heavy atom. The summed E-state index contributed by atoms with van der Waals surface area (Å²) in [6, 6.07) is -4.88. The Balaban J connectivity index is 2.55. The van der Waals surface area contributed by atoms with Crippen molar-refractivity contribution in [2.45, 2.75) is 140 Å². The number of nitrogens with two attached hydrogens (primary N) is 2. The third kappa shape index (κ3) is 18.5. The molecule has 5 atom stereocenters.